The zero-order chi connectivity index (χ0) is 19.3. The van der Waals surface area contributed by atoms with E-state index < -0.39 is 17.5 Å². The Morgan fingerprint density at radius 3 is 2.65 bits per heavy atom. The van der Waals surface area contributed by atoms with Gasteiger partial charge in [0, 0.05) is 5.56 Å². The molecule has 2 aromatic carbocycles. The summed E-state index contributed by atoms with van der Waals surface area (Å²) in [6, 6.07) is 9.36. The van der Waals surface area contributed by atoms with Gasteiger partial charge in [-0.25, -0.2) is 14.2 Å². The van der Waals surface area contributed by atoms with Crippen LogP contribution < -0.4 is 10.2 Å². The standard InChI is InChI=1S/C19H19BrF2N2O2/c1-19(2,3)13-7-8-16(14(20)9-13)26-11-17(25)24-23-10-12-5-4-6-15(21)18(12)22/h4-10H,11H2,1-3H3,(H,24,25)/b23-10+. The quantitative estimate of drug-likeness (QED) is 0.565. The second-order valence-electron chi connectivity index (χ2n) is 6.62. The second kappa shape index (κ2) is 8.40. The van der Waals surface area contributed by atoms with Crippen molar-refractivity contribution in [2.24, 2.45) is 5.10 Å². The Morgan fingerprint density at radius 2 is 2.00 bits per heavy atom. The van der Waals surface area contributed by atoms with Crippen molar-refractivity contribution < 1.29 is 18.3 Å². The van der Waals surface area contributed by atoms with Crippen molar-refractivity contribution in [2.75, 3.05) is 6.61 Å². The number of nitrogens with one attached hydrogen (secondary N) is 1. The molecule has 0 aliphatic heterocycles. The molecule has 7 heteroatoms. The third kappa shape index (κ3) is 5.36. The Bertz CT molecular complexity index is 833. The van der Waals surface area contributed by atoms with Crippen molar-refractivity contribution in [1.29, 1.82) is 0 Å². The summed E-state index contributed by atoms with van der Waals surface area (Å²) in [5.74, 6) is -2.00. The Hall–Kier alpha value is -2.28. The number of ether oxygens (including phenoxy) is 1. The van der Waals surface area contributed by atoms with Crippen molar-refractivity contribution in [3.63, 3.8) is 0 Å². The molecular formula is C19H19BrF2N2O2. The molecule has 2 rings (SSSR count). The van der Waals surface area contributed by atoms with E-state index in [2.05, 4.69) is 47.2 Å². The molecule has 1 N–H and O–H groups in total. The van der Waals surface area contributed by atoms with Crippen LogP contribution in [-0.2, 0) is 10.2 Å². The molecule has 0 aliphatic rings. The second-order valence-corrected chi connectivity index (χ2v) is 7.47. The molecule has 0 saturated carbocycles. The number of amides is 1. The predicted molar refractivity (Wildman–Crippen MR) is 100 cm³/mol. The van der Waals surface area contributed by atoms with Crippen LogP contribution in [0.15, 0.2) is 46.0 Å². The molecule has 0 radical (unpaired) electrons. The monoisotopic (exact) mass is 424 g/mol. The highest BCUT2D eigenvalue weighted by atomic mass is 79.9. The molecule has 0 aromatic heterocycles. The van der Waals surface area contributed by atoms with Gasteiger partial charge in [-0.15, -0.1) is 0 Å². The molecule has 1 amide bonds. The topological polar surface area (TPSA) is 50.7 Å². The summed E-state index contributed by atoms with van der Waals surface area (Å²) in [5.41, 5.74) is 3.27. The molecule has 0 aliphatic carbocycles. The zero-order valence-electron chi connectivity index (χ0n) is 14.6. The minimum absolute atomic E-state index is 0.000669. The van der Waals surface area contributed by atoms with Gasteiger partial charge in [-0.3, -0.25) is 4.79 Å². The molecule has 4 nitrogen and oxygen atoms in total. The van der Waals surface area contributed by atoms with E-state index in [0.29, 0.717) is 5.75 Å². The Kier molecular flexibility index (Phi) is 6.47. The lowest BCUT2D eigenvalue weighted by atomic mass is 9.87. The van der Waals surface area contributed by atoms with Gasteiger partial charge in [0.05, 0.1) is 10.7 Å². The summed E-state index contributed by atoms with van der Waals surface area (Å²) in [5, 5.41) is 3.60. The van der Waals surface area contributed by atoms with Crippen molar-refractivity contribution >= 4 is 28.1 Å². The fraction of sp³-hybridized carbons (Fsp3) is 0.263. The summed E-state index contributed by atoms with van der Waals surface area (Å²) >= 11 is 3.42. The van der Waals surface area contributed by atoms with Crippen molar-refractivity contribution in [2.45, 2.75) is 26.2 Å². The van der Waals surface area contributed by atoms with Crippen LogP contribution in [0.1, 0.15) is 31.9 Å². The molecule has 0 heterocycles. The summed E-state index contributed by atoms with van der Waals surface area (Å²) in [6.45, 7) is 6.03. The molecule has 0 bridgehead atoms. The maximum Gasteiger partial charge on any atom is 0.277 e. The normalized spacial score (nSPS) is 11.6. The van der Waals surface area contributed by atoms with Gasteiger partial charge in [0.15, 0.2) is 18.2 Å². The van der Waals surface area contributed by atoms with E-state index in [9.17, 15) is 13.6 Å². The van der Waals surface area contributed by atoms with Gasteiger partial charge in [0.1, 0.15) is 5.75 Å². The van der Waals surface area contributed by atoms with Gasteiger partial charge < -0.3 is 4.74 Å². The van der Waals surface area contributed by atoms with E-state index in [1.54, 1.807) is 6.07 Å². The Labute approximate surface area is 159 Å². The lowest BCUT2D eigenvalue weighted by Crippen LogP contribution is -2.24. The Balaban J connectivity index is 1.91. The van der Waals surface area contributed by atoms with Crippen LogP contribution >= 0.6 is 15.9 Å². The van der Waals surface area contributed by atoms with E-state index in [4.69, 9.17) is 4.74 Å². The van der Waals surface area contributed by atoms with Gasteiger partial charge in [-0.2, -0.15) is 5.10 Å². The van der Waals surface area contributed by atoms with Gasteiger partial charge in [0.2, 0.25) is 0 Å². The molecular weight excluding hydrogens is 406 g/mol. The number of benzene rings is 2. The van der Waals surface area contributed by atoms with Gasteiger partial charge in [-0.05, 0) is 45.1 Å². The number of carbonyl (C=O) groups is 1. The maximum atomic E-state index is 13.4. The molecule has 26 heavy (non-hydrogen) atoms. The van der Waals surface area contributed by atoms with E-state index in [-0.39, 0.29) is 17.6 Å². The van der Waals surface area contributed by atoms with Crippen molar-refractivity contribution in [3.8, 4) is 5.75 Å². The molecule has 0 unspecified atom stereocenters. The summed E-state index contributed by atoms with van der Waals surface area (Å²) < 4.78 is 32.7. The van der Waals surface area contributed by atoms with Crippen LogP contribution in [0.25, 0.3) is 0 Å². The number of halogens is 3. The van der Waals surface area contributed by atoms with E-state index in [1.165, 1.54) is 12.1 Å². The first-order chi connectivity index (χ1) is 12.2. The first kappa shape index (κ1) is 20.0. The number of carbonyl (C=O) groups excluding carboxylic acids is 1. The summed E-state index contributed by atoms with van der Waals surface area (Å²) in [7, 11) is 0. The zero-order valence-corrected chi connectivity index (χ0v) is 16.2. The molecule has 0 atom stereocenters. The summed E-state index contributed by atoms with van der Waals surface area (Å²) in [4.78, 5) is 11.8. The average molecular weight is 425 g/mol. The SMILES string of the molecule is CC(C)(C)c1ccc(OCC(=O)N/N=C/c2cccc(F)c2F)c(Br)c1. The maximum absolute atomic E-state index is 13.4. The molecule has 2 aromatic rings. The van der Waals surface area contributed by atoms with Crippen LogP contribution in [0.3, 0.4) is 0 Å². The highest BCUT2D eigenvalue weighted by Crippen LogP contribution is 2.31. The van der Waals surface area contributed by atoms with Crippen LogP contribution in [0.2, 0.25) is 0 Å². The van der Waals surface area contributed by atoms with E-state index in [0.717, 1.165) is 22.3 Å². The largest absolute Gasteiger partial charge is 0.483 e. The number of hydrogen-bond donors (Lipinski definition) is 1. The van der Waals surface area contributed by atoms with Gasteiger partial charge in [0.25, 0.3) is 5.91 Å². The van der Waals surface area contributed by atoms with Gasteiger partial charge >= 0.3 is 0 Å². The first-order valence-corrected chi connectivity index (χ1v) is 8.66. The predicted octanol–water partition coefficient (Wildman–Crippen LogP) is 4.55. The van der Waals surface area contributed by atoms with Gasteiger partial charge in [-0.1, -0.05) is 39.0 Å². The third-order valence-corrected chi connectivity index (χ3v) is 4.15. The lowest BCUT2D eigenvalue weighted by molar-refractivity contribution is -0.123. The molecule has 0 fully saturated rings. The van der Waals surface area contributed by atoms with Crippen LogP contribution in [0.5, 0.6) is 5.75 Å². The molecule has 0 saturated heterocycles. The minimum atomic E-state index is -1.02. The van der Waals surface area contributed by atoms with Crippen LogP contribution in [0.4, 0.5) is 8.78 Å². The number of rotatable bonds is 5. The van der Waals surface area contributed by atoms with E-state index in [1.807, 2.05) is 12.1 Å². The van der Waals surface area contributed by atoms with Crippen molar-refractivity contribution in [1.82, 2.24) is 5.43 Å². The van der Waals surface area contributed by atoms with Crippen LogP contribution in [0, 0.1) is 11.6 Å². The lowest BCUT2D eigenvalue weighted by Gasteiger charge is -2.20. The highest BCUT2D eigenvalue weighted by molar-refractivity contribution is 9.10. The smallest absolute Gasteiger partial charge is 0.277 e. The Morgan fingerprint density at radius 1 is 1.27 bits per heavy atom. The van der Waals surface area contributed by atoms with E-state index >= 15 is 0 Å². The number of hydrogen-bond acceptors (Lipinski definition) is 3. The first-order valence-electron chi connectivity index (χ1n) is 7.87. The number of nitrogens with zero attached hydrogens (tertiary/aromatic N) is 1. The minimum Gasteiger partial charge on any atom is -0.483 e. The average Bonchev–Trinajstić information content (AvgIpc) is 2.56. The van der Waals surface area contributed by atoms with Crippen molar-refractivity contribution in [3.05, 3.63) is 63.6 Å². The highest BCUT2D eigenvalue weighted by Gasteiger charge is 2.15. The fourth-order valence-electron chi connectivity index (χ4n) is 2.05. The molecule has 0 spiro atoms. The summed E-state index contributed by atoms with van der Waals surface area (Å²) in [6.07, 6.45) is 1.03. The van der Waals surface area contributed by atoms with Crippen LogP contribution in [-0.4, -0.2) is 18.7 Å². The molecule has 138 valence electrons. The number of hydrazone groups is 1. The fourth-order valence-corrected chi connectivity index (χ4v) is 2.55. The third-order valence-electron chi connectivity index (χ3n) is 3.53.